The van der Waals surface area contributed by atoms with Crippen LogP contribution in [0.25, 0.3) is 0 Å². The van der Waals surface area contributed by atoms with Crippen molar-refractivity contribution >= 4 is 11.9 Å². The number of benzene rings is 1. The molecule has 0 atom stereocenters. The second-order valence-corrected chi connectivity index (χ2v) is 4.24. The van der Waals surface area contributed by atoms with Crippen molar-refractivity contribution in [1.29, 1.82) is 0 Å². The number of alkyl halides is 3. The van der Waals surface area contributed by atoms with E-state index >= 15 is 0 Å². The molecule has 0 saturated heterocycles. The molecule has 0 radical (unpaired) electrons. The van der Waals surface area contributed by atoms with Gasteiger partial charge in [-0.25, -0.2) is 9.59 Å². The minimum atomic E-state index is -4.52. The highest BCUT2D eigenvalue weighted by atomic mass is 19.4. The monoisotopic (exact) mass is 366 g/mol. The highest BCUT2D eigenvalue weighted by Gasteiger charge is 2.48. The maximum atomic E-state index is 12.4. The number of ether oxygens (including phenoxy) is 1. The largest absolute Gasteiger partial charge is 0.479 e. The van der Waals surface area contributed by atoms with E-state index in [0.29, 0.717) is 0 Å². The first-order valence-corrected chi connectivity index (χ1v) is 7.90. The molecule has 8 heteroatoms. The lowest BCUT2D eigenvalue weighted by atomic mass is 9.93. The van der Waals surface area contributed by atoms with Crippen molar-refractivity contribution < 1.29 is 37.7 Å². The molecule has 0 aliphatic rings. The first-order valence-electron chi connectivity index (χ1n) is 7.90. The molecule has 1 aromatic carbocycles. The molecular formula is C17H25F3O5. The average Bonchev–Trinajstić information content (AvgIpc) is 2.57. The van der Waals surface area contributed by atoms with E-state index in [-0.39, 0.29) is 12.2 Å². The molecule has 0 aromatic heterocycles. The van der Waals surface area contributed by atoms with Crippen LogP contribution in [0.4, 0.5) is 13.2 Å². The summed E-state index contributed by atoms with van der Waals surface area (Å²) in [7, 11) is 0. The Bertz CT molecular complexity index is 510. The van der Waals surface area contributed by atoms with Crippen molar-refractivity contribution in [3.05, 3.63) is 35.4 Å². The Balaban J connectivity index is 0. The van der Waals surface area contributed by atoms with Crippen molar-refractivity contribution in [3.8, 4) is 0 Å². The smallest absolute Gasteiger partial charge is 0.416 e. The molecule has 0 bridgehead atoms. The van der Waals surface area contributed by atoms with Crippen LogP contribution >= 0.6 is 0 Å². The fraction of sp³-hybridized carbons (Fsp3) is 0.529. The highest BCUT2D eigenvalue weighted by Crippen LogP contribution is 2.30. The molecule has 0 heterocycles. The molecule has 0 fully saturated rings. The van der Waals surface area contributed by atoms with Gasteiger partial charge in [0.1, 0.15) is 0 Å². The normalized spacial score (nSPS) is 10.7. The summed E-state index contributed by atoms with van der Waals surface area (Å²) in [6.45, 7) is 9.26. The molecule has 25 heavy (non-hydrogen) atoms. The van der Waals surface area contributed by atoms with Gasteiger partial charge < -0.3 is 14.9 Å². The van der Waals surface area contributed by atoms with E-state index in [1.807, 2.05) is 27.7 Å². The molecule has 0 saturated carbocycles. The molecule has 0 unspecified atom stereocenters. The van der Waals surface area contributed by atoms with Crippen molar-refractivity contribution in [3.63, 3.8) is 0 Å². The maximum absolute atomic E-state index is 12.4. The molecular weight excluding hydrogens is 341 g/mol. The molecule has 144 valence electrons. The number of rotatable bonds is 6. The van der Waals surface area contributed by atoms with Crippen molar-refractivity contribution in [2.45, 2.75) is 52.8 Å². The quantitative estimate of drug-likeness (QED) is 0.736. The summed E-state index contributed by atoms with van der Waals surface area (Å²) in [5.74, 6) is -3.42. The van der Waals surface area contributed by atoms with Crippen molar-refractivity contribution in [2.24, 2.45) is 0 Å². The van der Waals surface area contributed by atoms with Crippen LogP contribution in [0.3, 0.4) is 0 Å². The fourth-order valence-electron chi connectivity index (χ4n) is 1.76. The minimum absolute atomic E-state index is 0.112. The Morgan fingerprint density at radius 2 is 1.36 bits per heavy atom. The number of hydrogen-bond acceptors (Lipinski definition) is 3. The molecule has 0 amide bonds. The number of carboxylic acid groups (broad SMARTS) is 2. The lowest BCUT2D eigenvalue weighted by Gasteiger charge is -2.24. The first-order chi connectivity index (χ1) is 11.6. The molecule has 0 aliphatic heterocycles. The summed E-state index contributed by atoms with van der Waals surface area (Å²) in [6, 6.07) is 3.58. The van der Waals surface area contributed by atoms with E-state index in [2.05, 4.69) is 0 Å². The summed E-state index contributed by atoms with van der Waals surface area (Å²) in [5, 5.41) is 18.2. The summed E-state index contributed by atoms with van der Waals surface area (Å²) >= 11 is 0. The van der Waals surface area contributed by atoms with E-state index in [4.69, 9.17) is 14.9 Å². The van der Waals surface area contributed by atoms with Crippen LogP contribution in [0.1, 0.15) is 45.7 Å². The van der Waals surface area contributed by atoms with Gasteiger partial charge in [-0.05, 0) is 24.6 Å². The molecule has 2 N–H and O–H groups in total. The SMILES string of the molecule is CC.CC.CCOC(Cc1ccc(C(F)(F)F)cc1)(C(=O)O)C(=O)O. The molecule has 0 aliphatic carbocycles. The Labute approximate surface area is 145 Å². The Kier molecular flexibility index (Phi) is 11.5. The minimum Gasteiger partial charge on any atom is -0.479 e. The summed E-state index contributed by atoms with van der Waals surface area (Å²) in [5.41, 5.74) is -3.31. The summed E-state index contributed by atoms with van der Waals surface area (Å²) in [4.78, 5) is 22.4. The third-order valence-electron chi connectivity index (χ3n) is 2.82. The van der Waals surface area contributed by atoms with Crippen LogP contribution in [0.15, 0.2) is 24.3 Å². The Morgan fingerprint density at radius 3 is 1.64 bits per heavy atom. The average molecular weight is 366 g/mol. The molecule has 1 rings (SSSR count). The van der Waals surface area contributed by atoms with E-state index in [0.717, 1.165) is 24.3 Å². The Hall–Kier alpha value is -2.09. The number of carbonyl (C=O) groups is 2. The number of carboxylic acids is 2. The number of aliphatic carboxylic acids is 2. The van der Waals surface area contributed by atoms with E-state index in [1.165, 1.54) is 6.92 Å². The van der Waals surface area contributed by atoms with Gasteiger partial charge in [0, 0.05) is 13.0 Å². The number of hydrogen-bond donors (Lipinski definition) is 2. The van der Waals surface area contributed by atoms with Crippen LogP contribution in [0.5, 0.6) is 0 Å². The van der Waals surface area contributed by atoms with Crippen LogP contribution in [-0.4, -0.2) is 34.4 Å². The zero-order valence-electron chi connectivity index (χ0n) is 15.0. The van der Waals surface area contributed by atoms with E-state index in [1.54, 1.807) is 0 Å². The van der Waals surface area contributed by atoms with Crippen molar-refractivity contribution in [1.82, 2.24) is 0 Å². The molecule has 0 spiro atoms. The van der Waals surface area contributed by atoms with Gasteiger partial charge in [0.25, 0.3) is 5.60 Å². The zero-order chi connectivity index (χ0) is 20.3. The second-order valence-electron chi connectivity index (χ2n) is 4.24. The van der Waals surface area contributed by atoms with Crippen LogP contribution in [0.2, 0.25) is 0 Å². The predicted molar refractivity (Wildman–Crippen MR) is 87.5 cm³/mol. The van der Waals surface area contributed by atoms with Gasteiger partial charge in [-0.2, -0.15) is 13.2 Å². The first kappa shape index (κ1) is 25.2. The third-order valence-corrected chi connectivity index (χ3v) is 2.82. The van der Waals surface area contributed by atoms with Gasteiger partial charge >= 0.3 is 18.1 Å². The molecule has 5 nitrogen and oxygen atoms in total. The van der Waals surface area contributed by atoms with Crippen LogP contribution < -0.4 is 0 Å². The Morgan fingerprint density at radius 1 is 0.960 bits per heavy atom. The lowest BCUT2D eigenvalue weighted by Crippen LogP contribution is -2.51. The summed E-state index contributed by atoms with van der Waals surface area (Å²) in [6.07, 6.45) is -5.10. The topological polar surface area (TPSA) is 83.8 Å². The van der Waals surface area contributed by atoms with Gasteiger partial charge in [0.2, 0.25) is 0 Å². The highest BCUT2D eigenvalue weighted by molar-refractivity contribution is 6.02. The van der Waals surface area contributed by atoms with Gasteiger partial charge in [0.15, 0.2) is 0 Å². The van der Waals surface area contributed by atoms with Crippen LogP contribution in [-0.2, 0) is 26.9 Å². The standard InChI is InChI=1S/C13H13F3O5.2C2H6/c1-2-21-12(10(17)18,11(19)20)7-8-3-5-9(6-4-8)13(14,15)16;2*1-2/h3-6H,2,7H2,1H3,(H,17,18)(H,19,20);2*1-2H3. The van der Waals surface area contributed by atoms with E-state index in [9.17, 15) is 22.8 Å². The van der Waals surface area contributed by atoms with E-state index < -0.39 is 35.7 Å². The second kappa shape index (κ2) is 11.5. The van der Waals surface area contributed by atoms with Gasteiger partial charge in [-0.3, -0.25) is 0 Å². The lowest BCUT2D eigenvalue weighted by molar-refractivity contribution is -0.183. The third kappa shape index (κ3) is 7.13. The zero-order valence-corrected chi connectivity index (χ0v) is 15.0. The van der Waals surface area contributed by atoms with Gasteiger partial charge in [-0.1, -0.05) is 39.8 Å². The number of halogens is 3. The summed E-state index contributed by atoms with van der Waals surface area (Å²) < 4.78 is 42.1. The van der Waals surface area contributed by atoms with Gasteiger partial charge in [0.05, 0.1) is 5.56 Å². The fourth-order valence-corrected chi connectivity index (χ4v) is 1.76. The molecule has 1 aromatic rings. The predicted octanol–water partition coefficient (Wildman–Crippen LogP) is 4.24. The maximum Gasteiger partial charge on any atom is 0.416 e. The van der Waals surface area contributed by atoms with Gasteiger partial charge in [-0.15, -0.1) is 0 Å². The van der Waals surface area contributed by atoms with Crippen molar-refractivity contribution in [2.75, 3.05) is 6.61 Å². The van der Waals surface area contributed by atoms with Crippen LogP contribution in [0, 0.1) is 0 Å².